The fraction of sp³-hybridized carbons (Fsp3) is 0.500. The van der Waals surface area contributed by atoms with Gasteiger partial charge in [0, 0.05) is 11.9 Å². The smallest absolute Gasteiger partial charge is 0.189 e. The predicted molar refractivity (Wildman–Crippen MR) is 60.0 cm³/mol. The van der Waals surface area contributed by atoms with E-state index in [0.717, 1.165) is 18.2 Å². The van der Waals surface area contributed by atoms with Crippen molar-refractivity contribution in [1.29, 1.82) is 0 Å². The molecular weight excluding hydrogens is 188 g/mol. The van der Waals surface area contributed by atoms with Gasteiger partial charge in [-0.2, -0.15) is 0 Å². The van der Waals surface area contributed by atoms with Crippen LogP contribution in [0.3, 0.4) is 0 Å². The van der Waals surface area contributed by atoms with Gasteiger partial charge < -0.3 is 4.74 Å². The molecule has 1 aliphatic heterocycles. The molecule has 0 unspecified atom stereocenters. The van der Waals surface area contributed by atoms with Gasteiger partial charge in [0.25, 0.3) is 0 Å². The molecule has 0 amide bonds. The molecule has 1 aromatic rings. The lowest BCUT2D eigenvalue weighted by Crippen LogP contribution is -2.13. The Hall–Kier alpha value is -1.38. The second-order valence-corrected chi connectivity index (χ2v) is 4.14. The summed E-state index contributed by atoms with van der Waals surface area (Å²) in [6.45, 7) is 5.06. The third-order valence-electron chi connectivity index (χ3n) is 2.56. The van der Waals surface area contributed by atoms with Crippen molar-refractivity contribution in [3.63, 3.8) is 0 Å². The van der Waals surface area contributed by atoms with Crippen molar-refractivity contribution in [2.24, 2.45) is 10.9 Å². The van der Waals surface area contributed by atoms with Crippen LogP contribution in [-0.4, -0.2) is 23.5 Å². The molecule has 1 aromatic heterocycles. The second-order valence-electron chi connectivity index (χ2n) is 4.14. The summed E-state index contributed by atoms with van der Waals surface area (Å²) in [5.41, 5.74) is 1.01. The molecule has 0 radical (unpaired) electrons. The summed E-state index contributed by atoms with van der Waals surface area (Å²) in [5.74, 6) is 1.37. The maximum atomic E-state index is 5.54. The summed E-state index contributed by atoms with van der Waals surface area (Å²) in [7, 11) is 0. The molecule has 0 bridgehead atoms. The van der Waals surface area contributed by atoms with Crippen molar-refractivity contribution in [2.45, 2.75) is 26.3 Å². The standard InChI is InChI=1S/C12H16N2O/c1-9(2)11-8-15-12(14-11)7-10-5-3-4-6-13-10/h3-6,9,11H,7-8H2,1-2H3/t11-/m0/s1. The average molecular weight is 204 g/mol. The number of nitrogens with zero attached hydrogens (tertiary/aromatic N) is 2. The number of hydrogen-bond donors (Lipinski definition) is 0. The molecule has 3 nitrogen and oxygen atoms in total. The second kappa shape index (κ2) is 4.43. The highest BCUT2D eigenvalue weighted by molar-refractivity contribution is 5.79. The Labute approximate surface area is 90.2 Å². The van der Waals surface area contributed by atoms with Crippen LogP contribution in [0.1, 0.15) is 19.5 Å². The average Bonchev–Trinajstić information content (AvgIpc) is 2.68. The Morgan fingerprint density at radius 2 is 2.33 bits per heavy atom. The van der Waals surface area contributed by atoms with Crippen LogP contribution in [0, 0.1) is 5.92 Å². The topological polar surface area (TPSA) is 34.5 Å². The SMILES string of the molecule is CC(C)[C@@H]1COC(Cc2ccccn2)=N1. The fourth-order valence-electron chi connectivity index (χ4n) is 1.54. The van der Waals surface area contributed by atoms with Crippen molar-refractivity contribution in [2.75, 3.05) is 6.61 Å². The highest BCUT2D eigenvalue weighted by Gasteiger charge is 2.21. The van der Waals surface area contributed by atoms with Crippen LogP contribution in [0.2, 0.25) is 0 Å². The zero-order valence-corrected chi connectivity index (χ0v) is 9.18. The molecule has 1 atom stereocenters. The van der Waals surface area contributed by atoms with E-state index in [9.17, 15) is 0 Å². The number of ether oxygens (including phenoxy) is 1. The van der Waals surface area contributed by atoms with Crippen LogP contribution in [0.15, 0.2) is 29.4 Å². The Morgan fingerprint density at radius 3 is 2.93 bits per heavy atom. The third kappa shape index (κ3) is 2.55. The normalized spacial score (nSPS) is 20.2. The minimum atomic E-state index is 0.323. The summed E-state index contributed by atoms with van der Waals surface area (Å²) in [4.78, 5) is 8.79. The molecule has 0 aromatic carbocycles. The molecule has 0 N–H and O–H groups in total. The van der Waals surface area contributed by atoms with Crippen LogP contribution >= 0.6 is 0 Å². The summed E-state index contributed by atoms with van der Waals surface area (Å²) in [6.07, 6.45) is 2.51. The summed E-state index contributed by atoms with van der Waals surface area (Å²) < 4.78 is 5.54. The van der Waals surface area contributed by atoms with Crippen molar-refractivity contribution in [1.82, 2.24) is 4.98 Å². The lowest BCUT2D eigenvalue weighted by Gasteiger charge is -2.06. The largest absolute Gasteiger partial charge is 0.478 e. The van der Waals surface area contributed by atoms with Gasteiger partial charge in [0.2, 0.25) is 0 Å². The van der Waals surface area contributed by atoms with Crippen molar-refractivity contribution < 1.29 is 4.74 Å². The molecular formula is C12H16N2O. The molecule has 0 spiro atoms. The molecule has 80 valence electrons. The molecule has 15 heavy (non-hydrogen) atoms. The van der Waals surface area contributed by atoms with E-state index < -0.39 is 0 Å². The zero-order chi connectivity index (χ0) is 10.7. The van der Waals surface area contributed by atoms with E-state index in [0.29, 0.717) is 18.4 Å². The first-order valence-corrected chi connectivity index (χ1v) is 5.35. The van der Waals surface area contributed by atoms with E-state index in [4.69, 9.17) is 4.74 Å². The molecule has 1 aliphatic rings. The van der Waals surface area contributed by atoms with E-state index in [1.54, 1.807) is 6.20 Å². The van der Waals surface area contributed by atoms with Crippen molar-refractivity contribution in [3.05, 3.63) is 30.1 Å². The van der Waals surface area contributed by atoms with E-state index in [1.165, 1.54) is 0 Å². The molecule has 0 saturated carbocycles. The first kappa shape index (κ1) is 10.1. The summed E-state index contributed by atoms with van der Waals surface area (Å²) in [6, 6.07) is 6.22. The van der Waals surface area contributed by atoms with Gasteiger partial charge in [0.1, 0.15) is 6.61 Å². The van der Waals surface area contributed by atoms with E-state index in [-0.39, 0.29) is 0 Å². The first-order chi connectivity index (χ1) is 7.25. The van der Waals surface area contributed by atoms with E-state index >= 15 is 0 Å². The fourth-order valence-corrected chi connectivity index (χ4v) is 1.54. The van der Waals surface area contributed by atoms with Gasteiger partial charge in [0.15, 0.2) is 5.90 Å². The number of aliphatic imine (C=N–C) groups is 1. The van der Waals surface area contributed by atoms with Gasteiger partial charge in [-0.15, -0.1) is 0 Å². The molecule has 0 fully saturated rings. The maximum Gasteiger partial charge on any atom is 0.189 e. The molecule has 2 rings (SSSR count). The van der Waals surface area contributed by atoms with Crippen molar-refractivity contribution >= 4 is 5.90 Å². The molecule has 3 heteroatoms. The van der Waals surface area contributed by atoms with Crippen LogP contribution in [0.4, 0.5) is 0 Å². The van der Waals surface area contributed by atoms with Crippen LogP contribution < -0.4 is 0 Å². The summed E-state index contributed by atoms with van der Waals surface area (Å²) in [5, 5.41) is 0. The van der Waals surface area contributed by atoms with Crippen LogP contribution in [0.25, 0.3) is 0 Å². The Morgan fingerprint density at radius 1 is 1.47 bits per heavy atom. The maximum absolute atomic E-state index is 5.54. The minimum absolute atomic E-state index is 0.323. The van der Waals surface area contributed by atoms with Gasteiger partial charge in [-0.1, -0.05) is 19.9 Å². The highest BCUT2D eigenvalue weighted by Crippen LogP contribution is 2.15. The lowest BCUT2D eigenvalue weighted by molar-refractivity contribution is 0.287. The Bertz CT molecular complexity index is 346. The third-order valence-corrected chi connectivity index (χ3v) is 2.56. The first-order valence-electron chi connectivity index (χ1n) is 5.35. The quantitative estimate of drug-likeness (QED) is 0.755. The van der Waals surface area contributed by atoms with Gasteiger partial charge in [-0.25, -0.2) is 4.99 Å². The number of rotatable bonds is 3. The lowest BCUT2D eigenvalue weighted by atomic mass is 10.1. The molecule has 0 aliphatic carbocycles. The van der Waals surface area contributed by atoms with Crippen LogP contribution in [-0.2, 0) is 11.2 Å². The van der Waals surface area contributed by atoms with Gasteiger partial charge in [-0.3, -0.25) is 4.98 Å². The Kier molecular flexibility index (Phi) is 2.99. The van der Waals surface area contributed by atoms with Crippen LogP contribution in [0.5, 0.6) is 0 Å². The number of aromatic nitrogens is 1. The van der Waals surface area contributed by atoms with Gasteiger partial charge >= 0.3 is 0 Å². The Balaban J connectivity index is 2.00. The summed E-state index contributed by atoms with van der Waals surface area (Å²) >= 11 is 0. The number of pyridine rings is 1. The predicted octanol–water partition coefficient (Wildman–Crippen LogP) is 2.08. The molecule has 0 saturated heterocycles. The van der Waals surface area contributed by atoms with Gasteiger partial charge in [0.05, 0.1) is 12.5 Å². The highest BCUT2D eigenvalue weighted by atomic mass is 16.5. The zero-order valence-electron chi connectivity index (χ0n) is 9.18. The minimum Gasteiger partial charge on any atom is -0.478 e. The van der Waals surface area contributed by atoms with E-state index in [1.807, 2.05) is 18.2 Å². The monoisotopic (exact) mass is 204 g/mol. The van der Waals surface area contributed by atoms with E-state index in [2.05, 4.69) is 23.8 Å². The molecule has 2 heterocycles. The number of hydrogen-bond acceptors (Lipinski definition) is 3. The van der Waals surface area contributed by atoms with Gasteiger partial charge in [-0.05, 0) is 18.1 Å². The van der Waals surface area contributed by atoms with Crippen molar-refractivity contribution in [3.8, 4) is 0 Å².